The maximum atomic E-state index is 12.1. The highest BCUT2D eigenvalue weighted by molar-refractivity contribution is 8.00. The Labute approximate surface area is 177 Å². The summed E-state index contributed by atoms with van der Waals surface area (Å²) < 4.78 is 6.54. The Morgan fingerprint density at radius 1 is 1.21 bits per heavy atom. The van der Waals surface area contributed by atoms with E-state index in [1.54, 1.807) is 17.8 Å². The van der Waals surface area contributed by atoms with Gasteiger partial charge >= 0.3 is 0 Å². The van der Waals surface area contributed by atoms with Crippen LogP contribution in [0.2, 0.25) is 5.02 Å². The molecular weight excluding hydrogens is 414 g/mol. The lowest BCUT2D eigenvalue weighted by Gasteiger charge is -2.09. The van der Waals surface area contributed by atoms with E-state index in [9.17, 15) is 4.79 Å². The average Bonchev–Trinajstić information content (AvgIpc) is 3.13. The van der Waals surface area contributed by atoms with Crippen molar-refractivity contribution in [1.82, 2.24) is 10.2 Å². The number of amides is 1. The van der Waals surface area contributed by atoms with Crippen molar-refractivity contribution in [3.63, 3.8) is 0 Å². The molecule has 0 radical (unpaired) electrons. The highest BCUT2D eigenvalue weighted by Gasteiger charge is 2.09. The number of aromatic nitrogens is 2. The van der Waals surface area contributed by atoms with Gasteiger partial charge in [-0.25, -0.2) is 0 Å². The number of halogens is 1. The molecule has 0 aliphatic heterocycles. The number of hydrogen-bond acceptors (Lipinski definition) is 6. The van der Waals surface area contributed by atoms with Gasteiger partial charge in [-0.1, -0.05) is 65.0 Å². The summed E-state index contributed by atoms with van der Waals surface area (Å²) in [4.78, 5) is 12.1. The molecule has 0 fully saturated rings. The quantitative estimate of drug-likeness (QED) is 0.270. The van der Waals surface area contributed by atoms with Crippen LogP contribution in [-0.4, -0.2) is 22.7 Å². The average molecular weight is 434 g/mol. The summed E-state index contributed by atoms with van der Waals surface area (Å²) in [6.07, 6.45) is 0.973. The first-order chi connectivity index (χ1) is 13.6. The lowest BCUT2D eigenvalue weighted by Crippen LogP contribution is -2.12. The molecule has 28 heavy (non-hydrogen) atoms. The summed E-state index contributed by atoms with van der Waals surface area (Å²) in [5, 5.41) is 12.2. The fourth-order valence-corrected chi connectivity index (χ4v) is 4.36. The molecule has 0 saturated heterocycles. The van der Waals surface area contributed by atoms with Crippen molar-refractivity contribution in [2.45, 2.75) is 29.9 Å². The zero-order chi connectivity index (χ0) is 19.8. The van der Waals surface area contributed by atoms with Gasteiger partial charge in [-0.15, -0.1) is 10.2 Å². The number of aryl methyl sites for hydroxylation is 1. The van der Waals surface area contributed by atoms with Gasteiger partial charge in [0, 0.05) is 17.2 Å². The van der Waals surface area contributed by atoms with Gasteiger partial charge < -0.3 is 10.1 Å². The summed E-state index contributed by atoms with van der Waals surface area (Å²) >= 11 is 8.92. The van der Waals surface area contributed by atoms with Crippen LogP contribution in [0.4, 0.5) is 5.13 Å². The van der Waals surface area contributed by atoms with Crippen molar-refractivity contribution >= 4 is 45.7 Å². The Hall–Kier alpha value is -2.09. The van der Waals surface area contributed by atoms with Crippen LogP contribution in [0.5, 0.6) is 5.75 Å². The minimum atomic E-state index is -0.0906. The molecule has 1 amide bonds. The molecule has 0 bridgehead atoms. The van der Waals surface area contributed by atoms with Gasteiger partial charge in [-0.3, -0.25) is 4.79 Å². The molecule has 1 N–H and O–H groups in total. The zero-order valence-electron chi connectivity index (χ0n) is 15.4. The van der Waals surface area contributed by atoms with E-state index in [1.807, 2.05) is 37.3 Å². The number of ether oxygens (including phenoxy) is 1. The van der Waals surface area contributed by atoms with Crippen molar-refractivity contribution in [3.8, 4) is 5.75 Å². The van der Waals surface area contributed by atoms with E-state index < -0.39 is 0 Å². The van der Waals surface area contributed by atoms with Crippen LogP contribution in [0.1, 0.15) is 24.0 Å². The monoisotopic (exact) mass is 433 g/mol. The summed E-state index contributed by atoms with van der Waals surface area (Å²) in [5.74, 6) is 1.52. The number of carbonyl (C=O) groups is 1. The zero-order valence-corrected chi connectivity index (χ0v) is 17.7. The number of rotatable bonds is 9. The summed E-state index contributed by atoms with van der Waals surface area (Å²) in [7, 11) is 0. The van der Waals surface area contributed by atoms with Crippen molar-refractivity contribution in [2.24, 2.45) is 0 Å². The molecule has 8 heteroatoms. The van der Waals surface area contributed by atoms with E-state index >= 15 is 0 Å². The van der Waals surface area contributed by atoms with Crippen molar-refractivity contribution < 1.29 is 9.53 Å². The van der Waals surface area contributed by atoms with Crippen LogP contribution in [0, 0.1) is 6.92 Å². The highest BCUT2D eigenvalue weighted by Crippen LogP contribution is 2.28. The largest absolute Gasteiger partial charge is 0.493 e. The third-order valence-corrected chi connectivity index (χ3v) is 6.08. The SMILES string of the molecule is Cc1cc(Cl)ccc1OCCCC(=O)Nc1nnc(SCc2ccccc2)s1. The smallest absolute Gasteiger partial charge is 0.226 e. The molecule has 146 valence electrons. The van der Waals surface area contributed by atoms with E-state index in [1.165, 1.54) is 16.9 Å². The molecular formula is C20H20ClN3O2S2. The van der Waals surface area contributed by atoms with E-state index in [4.69, 9.17) is 16.3 Å². The van der Waals surface area contributed by atoms with Crippen LogP contribution >= 0.6 is 34.7 Å². The third-order valence-electron chi connectivity index (χ3n) is 3.80. The topological polar surface area (TPSA) is 64.1 Å². The molecule has 1 heterocycles. The molecule has 0 atom stereocenters. The lowest BCUT2D eigenvalue weighted by atomic mass is 10.2. The number of carbonyl (C=O) groups excluding carboxylic acids is 1. The maximum absolute atomic E-state index is 12.1. The minimum absolute atomic E-state index is 0.0906. The number of nitrogens with zero attached hydrogens (tertiary/aromatic N) is 2. The van der Waals surface area contributed by atoms with Crippen LogP contribution in [0.3, 0.4) is 0 Å². The second kappa shape index (κ2) is 10.5. The van der Waals surface area contributed by atoms with E-state index in [-0.39, 0.29) is 5.91 Å². The Bertz CT molecular complexity index is 919. The molecule has 0 saturated carbocycles. The van der Waals surface area contributed by atoms with Gasteiger partial charge in [-0.2, -0.15) is 0 Å². The minimum Gasteiger partial charge on any atom is -0.493 e. The molecule has 0 aliphatic rings. The highest BCUT2D eigenvalue weighted by atomic mass is 35.5. The van der Waals surface area contributed by atoms with E-state index in [0.717, 1.165) is 21.4 Å². The lowest BCUT2D eigenvalue weighted by molar-refractivity contribution is -0.116. The summed E-state index contributed by atoms with van der Waals surface area (Å²) in [6.45, 7) is 2.40. The number of benzene rings is 2. The van der Waals surface area contributed by atoms with Gasteiger partial charge in [0.15, 0.2) is 4.34 Å². The molecule has 2 aromatic carbocycles. The normalized spacial score (nSPS) is 10.6. The predicted molar refractivity (Wildman–Crippen MR) is 115 cm³/mol. The Morgan fingerprint density at radius 3 is 2.82 bits per heavy atom. The first kappa shape index (κ1) is 20.6. The predicted octanol–water partition coefficient (Wildman–Crippen LogP) is 5.59. The number of anilines is 1. The second-order valence-corrected chi connectivity index (χ2v) is 8.69. The van der Waals surface area contributed by atoms with Gasteiger partial charge in [0.25, 0.3) is 0 Å². The molecule has 3 aromatic rings. The Balaban J connectivity index is 1.37. The fourth-order valence-electron chi connectivity index (χ4n) is 2.41. The first-order valence-electron chi connectivity index (χ1n) is 8.79. The molecule has 0 unspecified atom stereocenters. The number of thioether (sulfide) groups is 1. The molecule has 5 nitrogen and oxygen atoms in total. The van der Waals surface area contributed by atoms with Gasteiger partial charge in [0.2, 0.25) is 11.0 Å². The van der Waals surface area contributed by atoms with Crippen LogP contribution in [0.25, 0.3) is 0 Å². The second-order valence-electron chi connectivity index (χ2n) is 6.06. The van der Waals surface area contributed by atoms with Crippen molar-refractivity contribution in [3.05, 3.63) is 64.7 Å². The first-order valence-corrected chi connectivity index (χ1v) is 11.0. The Kier molecular flexibility index (Phi) is 7.71. The van der Waals surface area contributed by atoms with Crippen LogP contribution in [0.15, 0.2) is 52.9 Å². The summed E-state index contributed by atoms with van der Waals surface area (Å²) in [5.41, 5.74) is 2.20. The van der Waals surface area contributed by atoms with Crippen LogP contribution in [-0.2, 0) is 10.5 Å². The Morgan fingerprint density at radius 2 is 2.04 bits per heavy atom. The molecule has 1 aromatic heterocycles. The van der Waals surface area contributed by atoms with Crippen molar-refractivity contribution in [2.75, 3.05) is 11.9 Å². The standard InChI is InChI=1S/C20H20ClN3O2S2/c1-14-12-16(21)9-10-17(14)26-11-5-8-18(25)22-19-23-24-20(28-19)27-13-15-6-3-2-4-7-15/h2-4,6-7,9-10,12H,5,8,11,13H2,1H3,(H,22,23,25). The van der Waals surface area contributed by atoms with Crippen molar-refractivity contribution in [1.29, 1.82) is 0 Å². The number of nitrogens with one attached hydrogen (secondary N) is 1. The van der Waals surface area contributed by atoms with Gasteiger partial charge in [-0.05, 0) is 42.7 Å². The summed E-state index contributed by atoms with van der Waals surface area (Å²) in [6, 6.07) is 15.7. The van der Waals surface area contributed by atoms with Gasteiger partial charge in [0.1, 0.15) is 5.75 Å². The molecule has 0 spiro atoms. The van der Waals surface area contributed by atoms with E-state index in [0.29, 0.717) is 29.6 Å². The molecule has 3 rings (SSSR count). The third kappa shape index (κ3) is 6.51. The molecule has 0 aliphatic carbocycles. The fraction of sp³-hybridized carbons (Fsp3) is 0.250. The van der Waals surface area contributed by atoms with Gasteiger partial charge in [0.05, 0.1) is 6.61 Å². The number of hydrogen-bond donors (Lipinski definition) is 1. The maximum Gasteiger partial charge on any atom is 0.226 e. The van der Waals surface area contributed by atoms with E-state index in [2.05, 4.69) is 27.6 Å². The van der Waals surface area contributed by atoms with Crippen LogP contribution < -0.4 is 10.1 Å².